The highest BCUT2D eigenvalue weighted by molar-refractivity contribution is 6.32. The Morgan fingerprint density at radius 2 is 1.76 bits per heavy atom. The summed E-state index contributed by atoms with van der Waals surface area (Å²) in [5.41, 5.74) is 3.64. The molecule has 0 fully saturated rings. The molecule has 0 radical (unpaired) electrons. The normalized spacial score (nSPS) is 10.6. The number of halogens is 1. The Morgan fingerprint density at radius 1 is 1.05 bits per heavy atom. The molecule has 2 aromatic carbocycles. The molecule has 0 amide bonds. The minimum absolute atomic E-state index is 0.538. The average Bonchev–Trinajstić information content (AvgIpc) is 2.50. The molecule has 0 saturated heterocycles. The van der Waals surface area contributed by atoms with Crippen molar-refractivity contribution in [2.24, 2.45) is 0 Å². The monoisotopic (exact) mass is 303 g/mol. The molecular weight excluding hydrogens is 282 g/mol. The lowest BCUT2D eigenvalue weighted by atomic mass is 10.1. The molecule has 0 heterocycles. The van der Waals surface area contributed by atoms with Gasteiger partial charge in [-0.15, -0.1) is 0 Å². The summed E-state index contributed by atoms with van der Waals surface area (Å²) in [6.07, 6.45) is 1.05. The molecule has 2 nitrogen and oxygen atoms in total. The average molecular weight is 304 g/mol. The van der Waals surface area contributed by atoms with Crippen molar-refractivity contribution in [1.29, 1.82) is 0 Å². The molecule has 0 aliphatic heterocycles. The van der Waals surface area contributed by atoms with Crippen LogP contribution in [0.2, 0.25) is 5.02 Å². The lowest BCUT2D eigenvalue weighted by Gasteiger charge is -2.09. The van der Waals surface area contributed by atoms with Gasteiger partial charge in [0.15, 0.2) is 0 Å². The van der Waals surface area contributed by atoms with Gasteiger partial charge in [-0.2, -0.15) is 0 Å². The largest absolute Gasteiger partial charge is 0.487 e. The third-order valence-electron chi connectivity index (χ3n) is 3.34. The first-order valence-corrected chi connectivity index (χ1v) is 7.74. The summed E-state index contributed by atoms with van der Waals surface area (Å²) in [6, 6.07) is 14.4. The Balaban J connectivity index is 1.90. The molecule has 0 aliphatic rings. The quantitative estimate of drug-likeness (QED) is 0.766. The maximum atomic E-state index is 6.13. The van der Waals surface area contributed by atoms with Crippen LogP contribution in [0.1, 0.15) is 23.6 Å². The van der Waals surface area contributed by atoms with Gasteiger partial charge >= 0.3 is 0 Å². The molecule has 0 saturated carbocycles. The summed E-state index contributed by atoms with van der Waals surface area (Å²) in [5, 5.41) is 3.99. The molecule has 0 unspecified atom stereocenters. The fraction of sp³-hybridized carbons (Fsp3) is 0.333. The van der Waals surface area contributed by atoms with E-state index in [0.29, 0.717) is 11.6 Å². The summed E-state index contributed by atoms with van der Waals surface area (Å²) in [7, 11) is 0. The van der Waals surface area contributed by atoms with Gasteiger partial charge in [0.1, 0.15) is 12.4 Å². The summed E-state index contributed by atoms with van der Waals surface area (Å²) in [4.78, 5) is 0. The van der Waals surface area contributed by atoms with Crippen molar-refractivity contribution in [1.82, 2.24) is 5.32 Å². The van der Waals surface area contributed by atoms with Gasteiger partial charge in [-0.1, -0.05) is 48.9 Å². The van der Waals surface area contributed by atoms with Gasteiger partial charge in [0.05, 0.1) is 5.02 Å². The van der Waals surface area contributed by atoms with E-state index >= 15 is 0 Å². The van der Waals surface area contributed by atoms with Crippen LogP contribution in [-0.4, -0.2) is 13.1 Å². The number of likely N-dealkylation sites (N-methyl/N-ethyl adjacent to an activating group) is 1. The van der Waals surface area contributed by atoms with E-state index in [1.807, 2.05) is 25.1 Å². The molecule has 21 heavy (non-hydrogen) atoms. The molecule has 3 heteroatoms. The number of ether oxygens (including phenoxy) is 1. The third kappa shape index (κ3) is 5.07. The van der Waals surface area contributed by atoms with Crippen molar-refractivity contribution in [3.8, 4) is 5.75 Å². The number of nitrogens with one attached hydrogen (secondary N) is 1. The van der Waals surface area contributed by atoms with Gasteiger partial charge in [0, 0.05) is 0 Å². The first-order chi connectivity index (χ1) is 10.2. The van der Waals surface area contributed by atoms with Gasteiger partial charge in [0.2, 0.25) is 0 Å². The maximum absolute atomic E-state index is 6.13. The second kappa shape index (κ2) is 8.06. The first kappa shape index (κ1) is 15.9. The third-order valence-corrected chi connectivity index (χ3v) is 3.66. The first-order valence-electron chi connectivity index (χ1n) is 7.36. The molecule has 112 valence electrons. The standard InChI is InChI=1S/C18H22ClNO/c1-3-20-11-10-15-5-7-16(8-6-15)13-21-18-12-14(2)4-9-17(18)19/h4-9,12,20H,3,10-11,13H2,1-2H3. The fourth-order valence-corrected chi connectivity index (χ4v) is 2.27. The number of benzene rings is 2. The molecule has 0 aromatic heterocycles. The zero-order valence-electron chi connectivity index (χ0n) is 12.7. The number of hydrogen-bond donors (Lipinski definition) is 1. The van der Waals surface area contributed by atoms with E-state index in [0.717, 1.165) is 36.4 Å². The van der Waals surface area contributed by atoms with Crippen molar-refractivity contribution in [3.05, 3.63) is 64.2 Å². The van der Waals surface area contributed by atoms with E-state index in [1.165, 1.54) is 5.56 Å². The van der Waals surface area contributed by atoms with Crippen LogP contribution in [0.15, 0.2) is 42.5 Å². The Labute approximate surface area is 132 Å². The minimum atomic E-state index is 0.538. The number of aryl methyl sites for hydroxylation is 1. The Morgan fingerprint density at radius 3 is 2.48 bits per heavy atom. The molecule has 1 N–H and O–H groups in total. The van der Waals surface area contributed by atoms with E-state index in [4.69, 9.17) is 16.3 Å². The second-order valence-corrected chi connectivity index (χ2v) is 5.55. The molecule has 0 spiro atoms. The second-order valence-electron chi connectivity index (χ2n) is 5.14. The van der Waals surface area contributed by atoms with Crippen LogP contribution in [-0.2, 0) is 13.0 Å². The van der Waals surface area contributed by atoms with E-state index in [9.17, 15) is 0 Å². The van der Waals surface area contributed by atoms with Crippen LogP contribution in [0.25, 0.3) is 0 Å². The predicted octanol–water partition coefficient (Wildman–Crippen LogP) is 4.38. The van der Waals surface area contributed by atoms with Crippen molar-refractivity contribution in [2.75, 3.05) is 13.1 Å². The van der Waals surface area contributed by atoms with Crippen LogP contribution in [0, 0.1) is 6.92 Å². The summed E-state index contributed by atoms with van der Waals surface area (Å²) in [5.74, 6) is 0.743. The molecule has 0 aliphatic carbocycles. The number of rotatable bonds is 7. The van der Waals surface area contributed by atoms with Crippen molar-refractivity contribution in [2.45, 2.75) is 26.9 Å². The highest BCUT2D eigenvalue weighted by atomic mass is 35.5. The van der Waals surface area contributed by atoms with Gasteiger partial charge in [-0.25, -0.2) is 0 Å². The van der Waals surface area contributed by atoms with E-state index in [1.54, 1.807) is 0 Å². The smallest absolute Gasteiger partial charge is 0.138 e. The van der Waals surface area contributed by atoms with Gasteiger partial charge in [0.25, 0.3) is 0 Å². The highest BCUT2D eigenvalue weighted by Gasteiger charge is 2.02. The Kier molecular flexibility index (Phi) is 6.09. The van der Waals surface area contributed by atoms with Crippen LogP contribution in [0.3, 0.4) is 0 Å². The van der Waals surface area contributed by atoms with Gasteiger partial charge in [-0.05, 0) is 55.3 Å². The number of hydrogen-bond acceptors (Lipinski definition) is 2. The summed E-state index contributed by atoms with van der Waals surface area (Å²) < 4.78 is 5.80. The molecule has 0 atom stereocenters. The zero-order valence-corrected chi connectivity index (χ0v) is 13.4. The van der Waals surface area contributed by atoms with E-state index < -0.39 is 0 Å². The Hall–Kier alpha value is -1.51. The molecule has 2 rings (SSSR count). The zero-order chi connectivity index (χ0) is 15.1. The van der Waals surface area contributed by atoms with Crippen molar-refractivity contribution >= 4 is 11.6 Å². The predicted molar refractivity (Wildman–Crippen MR) is 89.2 cm³/mol. The fourth-order valence-electron chi connectivity index (χ4n) is 2.09. The molecular formula is C18H22ClNO. The van der Waals surface area contributed by atoms with Gasteiger partial charge < -0.3 is 10.1 Å². The van der Waals surface area contributed by atoms with Crippen molar-refractivity contribution < 1.29 is 4.74 Å². The molecule has 2 aromatic rings. The topological polar surface area (TPSA) is 21.3 Å². The SMILES string of the molecule is CCNCCc1ccc(COc2cc(C)ccc2Cl)cc1. The van der Waals surface area contributed by atoms with Crippen LogP contribution in [0.4, 0.5) is 0 Å². The van der Waals surface area contributed by atoms with Crippen LogP contribution >= 0.6 is 11.6 Å². The van der Waals surface area contributed by atoms with E-state index in [2.05, 4.69) is 36.5 Å². The lowest BCUT2D eigenvalue weighted by Crippen LogP contribution is -2.15. The lowest BCUT2D eigenvalue weighted by molar-refractivity contribution is 0.306. The highest BCUT2D eigenvalue weighted by Crippen LogP contribution is 2.26. The summed E-state index contributed by atoms with van der Waals surface area (Å²) >= 11 is 6.13. The Bertz CT molecular complexity index is 566. The van der Waals surface area contributed by atoms with E-state index in [-0.39, 0.29) is 0 Å². The maximum Gasteiger partial charge on any atom is 0.138 e. The minimum Gasteiger partial charge on any atom is -0.487 e. The van der Waals surface area contributed by atoms with Crippen LogP contribution in [0.5, 0.6) is 5.75 Å². The summed E-state index contributed by atoms with van der Waals surface area (Å²) in [6.45, 7) is 6.73. The van der Waals surface area contributed by atoms with Gasteiger partial charge in [-0.3, -0.25) is 0 Å². The van der Waals surface area contributed by atoms with Crippen molar-refractivity contribution in [3.63, 3.8) is 0 Å². The van der Waals surface area contributed by atoms with Crippen LogP contribution < -0.4 is 10.1 Å². The molecule has 0 bridgehead atoms.